The van der Waals surface area contributed by atoms with E-state index in [1.54, 1.807) is 0 Å². The second-order valence-corrected chi connectivity index (χ2v) is 10.7. The summed E-state index contributed by atoms with van der Waals surface area (Å²) in [5, 5.41) is 24.4. The summed E-state index contributed by atoms with van der Waals surface area (Å²) in [6.45, 7) is 5.53. The summed E-state index contributed by atoms with van der Waals surface area (Å²) in [5.74, 6) is -0.848. The zero-order valence-corrected chi connectivity index (χ0v) is 22.0. The number of benzene rings is 2. The van der Waals surface area contributed by atoms with E-state index in [1.165, 1.54) is 18.1 Å². The van der Waals surface area contributed by atoms with Crippen LogP contribution in [-0.2, 0) is 9.59 Å². The lowest BCUT2D eigenvalue weighted by atomic mass is 9.69. The van der Waals surface area contributed by atoms with Gasteiger partial charge in [-0.2, -0.15) is 0 Å². The van der Waals surface area contributed by atoms with Gasteiger partial charge in [0.1, 0.15) is 0 Å². The first-order valence-electron chi connectivity index (χ1n) is 13.6. The smallest absolute Gasteiger partial charge is 0.309 e. The summed E-state index contributed by atoms with van der Waals surface area (Å²) >= 11 is 0. The molecule has 0 aliphatic heterocycles. The first-order valence-corrected chi connectivity index (χ1v) is 13.6. The molecule has 4 atom stereocenters. The van der Waals surface area contributed by atoms with Crippen LogP contribution < -0.4 is 5.32 Å². The number of hydrogen-bond donors (Lipinski definition) is 3. The van der Waals surface area contributed by atoms with Gasteiger partial charge in [-0.15, -0.1) is 0 Å². The number of amides is 1. The van der Waals surface area contributed by atoms with Gasteiger partial charge in [0.05, 0.1) is 11.5 Å². The molecule has 36 heavy (non-hydrogen) atoms. The molecule has 0 heterocycles. The summed E-state index contributed by atoms with van der Waals surface area (Å²) in [6.07, 6.45) is 5.28. The molecule has 1 aliphatic rings. The summed E-state index contributed by atoms with van der Waals surface area (Å²) < 4.78 is 0. The summed E-state index contributed by atoms with van der Waals surface area (Å²) in [6, 6.07) is 20.6. The van der Waals surface area contributed by atoms with Crippen molar-refractivity contribution in [1.29, 1.82) is 0 Å². The van der Waals surface area contributed by atoms with Crippen molar-refractivity contribution in [2.75, 3.05) is 0 Å². The number of carboxylic acid groups (broad SMARTS) is 1. The lowest BCUT2D eigenvalue weighted by Gasteiger charge is -2.39. The molecule has 2 aromatic carbocycles. The van der Waals surface area contributed by atoms with E-state index in [0.29, 0.717) is 32.1 Å². The predicted molar refractivity (Wildman–Crippen MR) is 144 cm³/mol. The van der Waals surface area contributed by atoms with Crippen molar-refractivity contribution in [1.82, 2.24) is 5.32 Å². The molecular weight excluding hydrogens is 450 g/mol. The van der Waals surface area contributed by atoms with Crippen molar-refractivity contribution in [2.24, 2.45) is 17.3 Å². The van der Waals surface area contributed by atoms with E-state index in [9.17, 15) is 19.8 Å². The van der Waals surface area contributed by atoms with Gasteiger partial charge in [0.15, 0.2) is 0 Å². The molecule has 3 N–H and O–H groups in total. The van der Waals surface area contributed by atoms with E-state index >= 15 is 0 Å². The van der Waals surface area contributed by atoms with Gasteiger partial charge >= 0.3 is 5.97 Å². The molecule has 4 unspecified atom stereocenters. The number of nitrogens with one attached hydrogen (secondary N) is 1. The highest BCUT2D eigenvalue weighted by Gasteiger charge is 2.43. The fourth-order valence-electron chi connectivity index (χ4n) is 6.34. The van der Waals surface area contributed by atoms with Gasteiger partial charge in [0.2, 0.25) is 5.91 Å². The fraction of sp³-hybridized carbons (Fsp3) is 0.548. The van der Waals surface area contributed by atoms with Gasteiger partial charge in [-0.05, 0) is 68.4 Å². The van der Waals surface area contributed by atoms with Gasteiger partial charge in [-0.25, -0.2) is 0 Å². The Balaban J connectivity index is 1.97. The lowest BCUT2D eigenvalue weighted by molar-refractivity contribution is -0.149. The Bertz CT molecular complexity index is 916. The van der Waals surface area contributed by atoms with Gasteiger partial charge in [0.25, 0.3) is 0 Å². The molecule has 0 radical (unpaired) electrons. The zero-order valence-electron chi connectivity index (χ0n) is 22.0. The van der Waals surface area contributed by atoms with Crippen LogP contribution in [0.1, 0.15) is 89.2 Å². The molecule has 1 fully saturated rings. The maximum Gasteiger partial charge on any atom is 0.309 e. The van der Waals surface area contributed by atoms with Crippen LogP contribution in [0.3, 0.4) is 0 Å². The molecule has 2 aromatic rings. The number of aliphatic hydroxyl groups is 1. The Morgan fingerprint density at radius 1 is 0.944 bits per heavy atom. The molecular formula is C31H43NO4. The number of aliphatic hydroxyl groups excluding tert-OH is 1. The minimum Gasteiger partial charge on any atom is -0.481 e. The van der Waals surface area contributed by atoms with Crippen molar-refractivity contribution in [3.8, 4) is 0 Å². The second-order valence-electron chi connectivity index (χ2n) is 10.7. The third-order valence-corrected chi connectivity index (χ3v) is 8.42. The van der Waals surface area contributed by atoms with Crippen LogP contribution in [-0.4, -0.2) is 34.2 Å². The van der Waals surface area contributed by atoms with Crippen LogP contribution in [0.4, 0.5) is 0 Å². The van der Waals surface area contributed by atoms with E-state index in [-0.39, 0.29) is 29.7 Å². The predicted octanol–water partition coefficient (Wildman–Crippen LogP) is 6.16. The number of rotatable bonds is 13. The molecule has 0 spiro atoms. The molecule has 0 aromatic heterocycles. The molecule has 1 saturated carbocycles. The van der Waals surface area contributed by atoms with Crippen LogP contribution in [0.25, 0.3) is 0 Å². The maximum atomic E-state index is 12.3. The third kappa shape index (κ3) is 6.97. The third-order valence-electron chi connectivity index (χ3n) is 8.42. The van der Waals surface area contributed by atoms with Gasteiger partial charge in [-0.3, -0.25) is 9.59 Å². The zero-order chi connectivity index (χ0) is 26.1. The quantitative estimate of drug-likeness (QED) is 0.312. The second kappa shape index (κ2) is 13.0. The summed E-state index contributed by atoms with van der Waals surface area (Å²) in [5.41, 5.74) is 1.71. The molecule has 0 saturated heterocycles. The van der Waals surface area contributed by atoms with Gasteiger partial charge < -0.3 is 15.5 Å². The fourth-order valence-corrected chi connectivity index (χ4v) is 6.34. The molecule has 3 rings (SSSR count). The van der Waals surface area contributed by atoms with Crippen LogP contribution in [0.15, 0.2) is 60.7 Å². The number of aliphatic carboxylic acids is 1. The molecule has 1 amide bonds. The number of carboxylic acids is 1. The van der Waals surface area contributed by atoms with Crippen molar-refractivity contribution in [3.05, 3.63) is 71.8 Å². The number of carbonyl (C=O) groups is 2. The van der Waals surface area contributed by atoms with E-state index in [0.717, 1.165) is 19.3 Å². The van der Waals surface area contributed by atoms with E-state index in [2.05, 4.69) is 29.6 Å². The Kier molecular flexibility index (Phi) is 10.1. The van der Waals surface area contributed by atoms with E-state index < -0.39 is 17.5 Å². The maximum absolute atomic E-state index is 12.3. The molecule has 5 nitrogen and oxygen atoms in total. The van der Waals surface area contributed by atoms with Crippen molar-refractivity contribution < 1.29 is 19.8 Å². The minimum absolute atomic E-state index is 0.0264. The SMILES string of the molecule is CCC(O)C(CCC1(C(=O)O)CCCC1)C(CC(c1ccccc1)c1ccccc1)C(C)NC(C)=O. The van der Waals surface area contributed by atoms with Gasteiger partial charge in [0, 0.05) is 18.9 Å². The average Bonchev–Trinajstić information content (AvgIpc) is 3.36. The first-order chi connectivity index (χ1) is 17.3. The minimum atomic E-state index is -0.706. The molecule has 1 aliphatic carbocycles. The highest BCUT2D eigenvalue weighted by atomic mass is 16.4. The number of hydrogen-bond acceptors (Lipinski definition) is 3. The topological polar surface area (TPSA) is 86.6 Å². The summed E-state index contributed by atoms with van der Waals surface area (Å²) in [4.78, 5) is 24.4. The highest BCUT2D eigenvalue weighted by molar-refractivity contribution is 5.75. The average molecular weight is 494 g/mol. The van der Waals surface area contributed by atoms with E-state index in [1.807, 2.05) is 50.2 Å². The van der Waals surface area contributed by atoms with Crippen molar-refractivity contribution in [2.45, 2.75) is 90.2 Å². The van der Waals surface area contributed by atoms with Gasteiger partial charge in [-0.1, -0.05) is 80.4 Å². The van der Waals surface area contributed by atoms with Crippen LogP contribution in [0.5, 0.6) is 0 Å². The Labute approximate surface area is 216 Å². The number of carbonyl (C=O) groups excluding carboxylic acids is 1. The van der Waals surface area contributed by atoms with Crippen LogP contribution >= 0.6 is 0 Å². The van der Waals surface area contributed by atoms with E-state index in [4.69, 9.17) is 0 Å². The molecule has 0 bridgehead atoms. The standard InChI is InChI=1S/C31H43NO4/c1-4-29(34)26(17-20-31(30(35)36)18-11-12-19-31)27(22(2)32-23(3)33)21-28(24-13-7-5-8-14-24)25-15-9-6-10-16-25/h5-10,13-16,22,26-29,34H,4,11-12,17-21H2,1-3H3,(H,32,33)(H,35,36). The van der Waals surface area contributed by atoms with Crippen molar-refractivity contribution >= 4 is 11.9 Å². The first kappa shape index (κ1) is 27.9. The Morgan fingerprint density at radius 2 is 1.47 bits per heavy atom. The highest BCUT2D eigenvalue weighted by Crippen LogP contribution is 2.45. The lowest BCUT2D eigenvalue weighted by Crippen LogP contribution is -2.44. The monoisotopic (exact) mass is 493 g/mol. The van der Waals surface area contributed by atoms with Crippen LogP contribution in [0.2, 0.25) is 0 Å². The normalized spacial score (nSPS) is 18.4. The Morgan fingerprint density at radius 3 is 1.92 bits per heavy atom. The molecule has 196 valence electrons. The summed E-state index contributed by atoms with van der Waals surface area (Å²) in [7, 11) is 0. The van der Waals surface area contributed by atoms with Crippen LogP contribution in [0, 0.1) is 17.3 Å². The Hall–Kier alpha value is -2.66. The largest absolute Gasteiger partial charge is 0.481 e. The van der Waals surface area contributed by atoms with Crippen molar-refractivity contribution in [3.63, 3.8) is 0 Å². The molecule has 5 heteroatoms.